The maximum Gasteiger partial charge on any atom is 0.243 e. The Morgan fingerprint density at radius 3 is 2.00 bits per heavy atom. The summed E-state index contributed by atoms with van der Waals surface area (Å²) in [5.74, 6) is -0.0546. The van der Waals surface area contributed by atoms with Crippen LogP contribution in [-0.2, 0) is 6.42 Å². The Morgan fingerprint density at radius 2 is 1.67 bits per heavy atom. The lowest BCUT2D eigenvalue weighted by molar-refractivity contribution is 0.146. The molecule has 0 bridgehead atoms. The van der Waals surface area contributed by atoms with E-state index >= 15 is 0 Å². The molecule has 0 aliphatic carbocycles. The number of methoxy groups -OCH3 is 2. The van der Waals surface area contributed by atoms with E-state index < -0.39 is 12.8 Å². The maximum absolute atomic E-state index is 12.3. The highest BCUT2D eigenvalue weighted by atomic mass is 19.3. The summed E-state index contributed by atoms with van der Waals surface area (Å²) in [7, 11) is 2.63. The summed E-state index contributed by atoms with van der Waals surface area (Å²) in [6, 6.07) is 0. The molecule has 1 rings (SSSR count). The fraction of sp³-hybridized carbons (Fsp3) is 0.500. The zero-order chi connectivity index (χ0) is 11.4. The first-order chi connectivity index (χ1) is 7.08. The number of hydrogen-bond donors (Lipinski definition) is 1. The lowest BCUT2D eigenvalue weighted by Gasteiger charge is -2.11. The third-order valence-corrected chi connectivity index (χ3v) is 1.69. The quantitative estimate of drug-likeness (QED) is 0.814. The molecule has 1 aromatic heterocycles. The van der Waals surface area contributed by atoms with Gasteiger partial charge in [0.05, 0.1) is 19.8 Å². The first kappa shape index (κ1) is 11.4. The van der Waals surface area contributed by atoms with Gasteiger partial charge in [-0.05, 0) is 0 Å². The Kier molecular flexibility index (Phi) is 3.59. The second kappa shape index (κ2) is 4.72. The molecule has 0 atom stereocenters. The molecule has 0 aromatic carbocycles. The molecule has 0 aliphatic heterocycles. The summed E-state index contributed by atoms with van der Waals surface area (Å²) in [5.41, 5.74) is 5.46. The number of hydrogen-bond acceptors (Lipinski definition) is 5. The molecular formula is C8H11F2N3O2. The van der Waals surface area contributed by atoms with Crippen molar-refractivity contribution in [2.75, 3.05) is 20.0 Å². The van der Waals surface area contributed by atoms with Crippen LogP contribution in [0.25, 0.3) is 0 Å². The van der Waals surface area contributed by atoms with Crippen molar-refractivity contribution in [3.63, 3.8) is 0 Å². The minimum atomic E-state index is -2.53. The second-order valence-corrected chi connectivity index (χ2v) is 2.67. The highest BCUT2D eigenvalue weighted by molar-refractivity contribution is 5.40. The van der Waals surface area contributed by atoms with Crippen molar-refractivity contribution in [2.24, 2.45) is 0 Å². The summed E-state index contributed by atoms with van der Waals surface area (Å²) in [6.07, 6.45) is -3.06. The Labute approximate surface area is 85.2 Å². The van der Waals surface area contributed by atoms with Gasteiger partial charge < -0.3 is 15.2 Å². The van der Waals surface area contributed by atoms with Gasteiger partial charge in [0.2, 0.25) is 24.1 Å². The normalized spacial score (nSPS) is 10.5. The van der Waals surface area contributed by atoms with Crippen molar-refractivity contribution >= 4 is 5.95 Å². The van der Waals surface area contributed by atoms with Crippen LogP contribution in [0.5, 0.6) is 11.8 Å². The predicted molar refractivity (Wildman–Crippen MR) is 49.3 cm³/mol. The molecule has 0 fully saturated rings. The van der Waals surface area contributed by atoms with Crippen molar-refractivity contribution in [3.05, 3.63) is 5.56 Å². The van der Waals surface area contributed by atoms with Gasteiger partial charge in [0, 0.05) is 6.42 Å². The number of ether oxygens (including phenoxy) is 2. The molecule has 7 heteroatoms. The second-order valence-electron chi connectivity index (χ2n) is 2.67. The van der Waals surface area contributed by atoms with E-state index in [9.17, 15) is 8.78 Å². The summed E-state index contributed by atoms with van der Waals surface area (Å²) in [5, 5.41) is 0. The van der Waals surface area contributed by atoms with Crippen LogP contribution in [-0.4, -0.2) is 30.6 Å². The number of nitrogens with zero attached hydrogens (tertiary/aromatic N) is 2. The lowest BCUT2D eigenvalue weighted by atomic mass is 10.2. The first-order valence-electron chi connectivity index (χ1n) is 4.11. The summed E-state index contributed by atoms with van der Waals surface area (Å²) in [4.78, 5) is 7.37. The Balaban J connectivity index is 3.18. The van der Waals surface area contributed by atoms with E-state index in [0.717, 1.165) is 0 Å². The molecule has 0 aliphatic rings. The SMILES string of the molecule is COc1nc(N)nc(OC)c1CC(F)F. The number of alkyl halides is 2. The van der Waals surface area contributed by atoms with E-state index in [-0.39, 0.29) is 23.3 Å². The molecule has 0 amide bonds. The van der Waals surface area contributed by atoms with Gasteiger partial charge in [-0.1, -0.05) is 0 Å². The number of halogens is 2. The fourth-order valence-electron chi connectivity index (χ4n) is 1.13. The van der Waals surface area contributed by atoms with E-state index in [2.05, 4.69) is 9.97 Å². The van der Waals surface area contributed by atoms with E-state index in [1.54, 1.807) is 0 Å². The zero-order valence-corrected chi connectivity index (χ0v) is 8.33. The minimum absolute atomic E-state index is 0.0136. The minimum Gasteiger partial charge on any atom is -0.481 e. The Hall–Kier alpha value is -1.66. The number of anilines is 1. The number of nitrogens with two attached hydrogens (primary N) is 1. The fourth-order valence-corrected chi connectivity index (χ4v) is 1.13. The molecule has 0 radical (unpaired) electrons. The molecule has 0 spiro atoms. The third-order valence-electron chi connectivity index (χ3n) is 1.69. The standard InChI is InChI=1S/C8H11F2N3O2/c1-14-6-4(3-5(9)10)7(15-2)13-8(11)12-6/h5H,3H2,1-2H3,(H2,11,12,13). The Morgan fingerprint density at radius 1 is 1.20 bits per heavy atom. The molecule has 0 saturated carbocycles. The van der Waals surface area contributed by atoms with E-state index in [4.69, 9.17) is 15.2 Å². The molecule has 15 heavy (non-hydrogen) atoms. The van der Waals surface area contributed by atoms with Crippen molar-refractivity contribution in [1.82, 2.24) is 9.97 Å². The van der Waals surface area contributed by atoms with Crippen LogP contribution in [0.4, 0.5) is 14.7 Å². The van der Waals surface area contributed by atoms with Crippen LogP contribution in [0.1, 0.15) is 5.56 Å². The highest BCUT2D eigenvalue weighted by Crippen LogP contribution is 2.27. The van der Waals surface area contributed by atoms with Gasteiger partial charge in [-0.25, -0.2) is 8.78 Å². The van der Waals surface area contributed by atoms with E-state index in [1.807, 2.05) is 0 Å². The molecule has 1 heterocycles. The van der Waals surface area contributed by atoms with Crippen LogP contribution in [0.2, 0.25) is 0 Å². The molecule has 5 nitrogen and oxygen atoms in total. The van der Waals surface area contributed by atoms with E-state index in [1.165, 1.54) is 14.2 Å². The maximum atomic E-state index is 12.3. The van der Waals surface area contributed by atoms with Gasteiger partial charge in [0.25, 0.3) is 0 Å². The van der Waals surface area contributed by atoms with Crippen molar-refractivity contribution in [2.45, 2.75) is 12.8 Å². The first-order valence-corrected chi connectivity index (χ1v) is 4.11. The topological polar surface area (TPSA) is 70.3 Å². The van der Waals surface area contributed by atoms with Crippen molar-refractivity contribution in [1.29, 1.82) is 0 Å². The summed E-state index contributed by atoms with van der Waals surface area (Å²) >= 11 is 0. The van der Waals surface area contributed by atoms with Gasteiger partial charge in [-0.2, -0.15) is 9.97 Å². The predicted octanol–water partition coefficient (Wildman–Crippen LogP) is 0.884. The average molecular weight is 219 g/mol. The molecule has 0 unspecified atom stereocenters. The molecule has 84 valence electrons. The molecule has 0 saturated heterocycles. The van der Waals surface area contributed by atoms with Crippen LogP contribution in [0, 0.1) is 0 Å². The Bertz CT molecular complexity index is 322. The third kappa shape index (κ3) is 2.64. The smallest absolute Gasteiger partial charge is 0.243 e. The van der Waals surface area contributed by atoms with E-state index in [0.29, 0.717) is 0 Å². The molecule has 1 aromatic rings. The highest BCUT2D eigenvalue weighted by Gasteiger charge is 2.18. The van der Waals surface area contributed by atoms with Gasteiger partial charge in [0.1, 0.15) is 0 Å². The zero-order valence-electron chi connectivity index (χ0n) is 8.33. The van der Waals surface area contributed by atoms with Crippen molar-refractivity contribution in [3.8, 4) is 11.8 Å². The summed E-state index contributed by atoms with van der Waals surface area (Å²) in [6.45, 7) is 0. The van der Waals surface area contributed by atoms with Crippen molar-refractivity contribution < 1.29 is 18.3 Å². The number of aromatic nitrogens is 2. The molecule has 2 N–H and O–H groups in total. The number of rotatable bonds is 4. The van der Waals surface area contributed by atoms with Gasteiger partial charge in [-0.15, -0.1) is 0 Å². The summed E-state index contributed by atoms with van der Waals surface area (Å²) < 4.78 is 34.2. The van der Waals surface area contributed by atoms with Gasteiger partial charge >= 0.3 is 0 Å². The van der Waals surface area contributed by atoms with Gasteiger partial charge in [-0.3, -0.25) is 0 Å². The lowest BCUT2D eigenvalue weighted by Crippen LogP contribution is -2.08. The van der Waals surface area contributed by atoms with Crippen LogP contribution in [0.15, 0.2) is 0 Å². The van der Waals surface area contributed by atoms with Crippen LogP contribution >= 0.6 is 0 Å². The largest absolute Gasteiger partial charge is 0.481 e. The van der Waals surface area contributed by atoms with Crippen LogP contribution < -0.4 is 15.2 Å². The molecular weight excluding hydrogens is 208 g/mol. The monoisotopic (exact) mass is 219 g/mol. The van der Waals surface area contributed by atoms with Gasteiger partial charge in [0.15, 0.2) is 0 Å². The number of nitrogen functional groups attached to an aromatic ring is 1. The average Bonchev–Trinajstić information content (AvgIpc) is 2.19. The van der Waals surface area contributed by atoms with Crippen LogP contribution in [0.3, 0.4) is 0 Å².